The van der Waals surface area contributed by atoms with Gasteiger partial charge in [0.05, 0.1) is 13.1 Å². The van der Waals surface area contributed by atoms with Crippen molar-refractivity contribution in [1.82, 2.24) is 4.90 Å². The largest absolute Gasteiger partial charge is 0.480 e. The topological polar surface area (TPSA) is 53.7 Å². The molecule has 0 amide bonds. The molecule has 2 atom stereocenters. The van der Waals surface area contributed by atoms with Crippen LogP contribution < -0.4 is 0 Å². The van der Waals surface area contributed by atoms with E-state index in [0.29, 0.717) is 12.5 Å². The molecule has 0 saturated heterocycles. The quantitative estimate of drug-likeness (QED) is 0.809. The van der Waals surface area contributed by atoms with Gasteiger partial charge in [-0.2, -0.15) is 0 Å². The summed E-state index contributed by atoms with van der Waals surface area (Å²) < 4.78 is 5.80. The first kappa shape index (κ1) is 13.1. The smallest absolute Gasteiger partial charge is 0.317 e. The van der Waals surface area contributed by atoms with Crippen LogP contribution in [0.2, 0.25) is 0 Å². The van der Waals surface area contributed by atoms with Gasteiger partial charge >= 0.3 is 5.97 Å². The van der Waals surface area contributed by atoms with E-state index in [9.17, 15) is 4.79 Å². The third-order valence-electron chi connectivity index (χ3n) is 3.44. The van der Waals surface area contributed by atoms with E-state index in [0.717, 1.165) is 30.4 Å². The molecule has 100 valence electrons. The zero-order valence-electron chi connectivity index (χ0n) is 11.1. The van der Waals surface area contributed by atoms with Crippen molar-refractivity contribution in [2.45, 2.75) is 39.2 Å². The fraction of sp³-hybridized carbons (Fsp3) is 0.643. The van der Waals surface area contributed by atoms with Crippen molar-refractivity contribution in [3.63, 3.8) is 0 Å². The van der Waals surface area contributed by atoms with Gasteiger partial charge in [0, 0.05) is 5.92 Å². The van der Waals surface area contributed by atoms with E-state index in [1.54, 1.807) is 0 Å². The normalized spacial score (nSPS) is 22.4. The molecule has 0 aliphatic heterocycles. The van der Waals surface area contributed by atoms with Crippen LogP contribution in [0.1, 0.15) is 44.1 Å². The Bertz CT molecular complexity index is 413. The first-order chi connectivity index (χ1) is 8.60. The van der Waals surface area contributed by atoms with Crippen LogP contribution in [0.3, 0.4) is 0 Å². The van der Waals surface area contributed by atoms with Gasteiger partial charge < -0.3 is 9.52 Å². The number of furan rings is 1. The van der Waals surface area contributed by atoms with Crippen molar-refractivity contribution in [3.8, 4) is 0 Å². The monoisotopic (exact) mass is 251 g/mol. The van der Waals surface area contributed by atoms with Crippen molar-refractivity contribution in [1.29, 1.82) is 0 Å². The summed E-state index contributed by atoms with van der Waals surface area (Å²) in [6.45, 7) is 5.71. The summed E-state index contributed by atoms with van der Waals surface area (Å²) in [7, 11) is 0. The van der Waals surface area contributed by atoms with Crippen LogP contribution in [0.5, 0.6) is 0 Å². The molecule has 1 N–H and O–H groups in total. The second-order valence-corrected chi connectivity index (χ2v) is 5.23. The first-order valence-corrected chi connectivity index (χ1v) is 6.63. The van der Waals surface area contributed by atoms with Gasteiger partial charge in [-0.1, -0.05) is 13.8 Å². The summed E-state index contributed by atoms with van der Waals surface area (Å²) in [4.78, 5) is 12.7. The minimum absolute atomic E-state index is 0.0731. The van der Waals surface area contributed by atoms with Crippen LogP contribution in [0, 0.1) is 5.92 Å². The third-order valence-corrected chi connectivity index (χ3v) is 3.44. The van der Waals surface area contributed by atoms with Gasteiger partial charge in [-0.25, -0.2) is 0 Å². The lowest BCUT2D eigenvalue weighted by atomic mass is 10.3. The van der Waals surface area contributed by atoms with Crippen molar-refractivity contribution in [2.24, 2.45) is 5.92 Å². The molecule has 1 fully saturated rings. The molecule has 1 aromatic rings. The Balaban J connectivity index is 1.93. The maximum Gasteiger partial charge on any atom is 0.317 e. The van der Waals surface area contributed by atoms with Crippen LogP contribution in [-0.2, 0) is 11.3 Å². The van der Waals surface area contributed by atoms with Crippen LogP contribution in [-0.4, -0.2) is 29.1 Å². The van der Waals surface area contributed by atoms with Crippen molar-refractivity contribution in [3.05, 3.63) is 23.7 Å². The van der Waals surface area contributed by atoms with Gasteiger partial charge in [-0.05, 0) is 37.4 Å². The molecule has 0 aromatic carbocycles. The minimum atomic E-state index is -0.786. The second-order valence-electron chi connectivity index (χ2n) is 5.23. The molecule has 0 bridgehead atoms. The lowest BCUT2D eigenvalue weighted by Gasteiger charge is -2.17. The summed E-state index contributed by atoms with van der Waals surface area (Å²) in [6.07, 6.45) is 2.15. The standard InChI is InChI=1S/C14H21NO3/c1-3-6-15(9-14(16)17)8-11-4-5-13(18-11)12-7-10(12)2/h4-5,10,12H,3,6-9H2,1-2H3,(H,16,17). The molecular weight excluding hydrogens is 230 g/mol. The van der Waals surface area contributed by atoms with Crippen molar-refractivity contribution >= 4 is 5.97 Å². The molecule has 0 radical (unpaired) electrons. The molecule has 4 heteroatoms. The highest BCUT2D eigenvalue weighted by Gasteiger charge is 2.36. The molecule has 2 unspecified atom stereocenters. The first-order valence-electron chi connectivity index (χ1n) is 6.63. The number of aliphatic carboxylic acids is 1. The summed E-state index contributed by atoms with van der Waals surface area (Å²) in [5.41, 5.74) is 0. The summed E-state index contributed by atoms with van der Waals surface area (Å²) in [6, 6.07) is 4.01. The van der Waals surface area contributed by atoms with Gasteiger partial charge in [0.2, 0.25) is 0 Å². The average Bonchev–Trinajstić information content (AvgIpc) is 2.84. The van der Waals surface area contributed by atoms with E-state index in [1.165, 1.54) is 6.42 Å². The maximum absolute atomic E-state index is 10.8. The number of carboxylic acids is 1. The van der Waals surface area contributed by atoms with Gasteiger partial charge in [0.15, 0.2) is 0 Å². The highest BCUT2D eigenvalue weighted by molar-refractivity contribution is 5.69. The Morgan fingerprint density at radius 3 is 2.83 bits per heavy atom. The highest BCUT2D eigenvalue weighted by Crippen LogP contribution is 2.47. The Kier molecular flexibility index (Phi) is 4.07. The van der Waals surface area contributed by atoms with Gasteiger partial charge in [-0.15, -0.1) is 0 Å². The molecule has 2 rings (SSSR count). The van der Waals surface area contributed by atoms with Gasteiger partial charge in [0.25, 0.3) is 0 Å². The molecular formula is C14H21NO3. The van der Waals surface area contributed by atoms with E-state index in [1.807, 2.05) is 24.0 Å². The number of carbonyl (C=O) groups is 1. The lowest BCUT2D eigenvalue weighted by molar-refractivity contribution is -0.138. The Labute approximate surface area is 108 Å². The average molecular weight is 251 g/mol. The summed E-state index contributed by atoms with van der Waals surface area (Å²) in [5.74, 6) is 2.46. The highest BCUT2D eigenvalue weighted by atomic mass is 16.4. The molecule has 1 aliphatic carbocycles. The number of carboxylic acid groups (broad SMARTS) is 1. The lowest BCUT2D eigenvalue weighted by Crippen LogP contribution is -2.29. The number of rotatable bonds is 7. The maximum atomic E-state index is 10.8. The summed E-state index contributed by atoms with van der Waals surface area (Å²) in [5, 5.41) is 8.85. The van der Waals surface area contributed by atoms with Crippen LogP contribution in [0.15, 0.2) is 16.5 Å². The fourth-order valence-electron chi connectivity index (χ4n) is 2.34. The van der Waals surface area contributed by atoms with Crippen LogP contribution >= 0.6 is 0 Å². The van der Waals surface area contributed by atoms with Crippen LogP contribution in [0.4, 0.5) is 0 Å². The molecule has 4 nitrogen and oxygen atoms in total. The predicted octanol–water partition coefficient (Wildman–Crippen LogP) is 2.70. The number of hydrogen-bond acceptors (Lipinski definition) is 3. The predicted molar refractivity (Wildman–Crippen MR) is 68.4 cm³/mol. The number of hydrogen-bond donors (Lipinski definition) is 1. The fourth-order valence-corrected chi connectivity index (χ4v) is 2.34. The molecule has 0 spiro atoms. The molecule has 1 saturated carbocycles. The molecule has 1 aromatic heterocycles. The zero-order chi connectivity index (χ0) is 13.1. The SMILES string of the molecule is CCCN(CC(=O)O)Cc1ccc(C2CC2C)o1. The Hall–Kier alpha value is -1.29. The molecule has 18 heavy (non-hydrogen) atoms. The van der Waals surface area contributed by atoms with Gasteiger partial charge in [-0.3, -0.25) is 9.69 Å². The van der Waals surface area contributed by atoms with E-state index in [-0.39, 0.29) is 6.54 Å². The van der Waals surface area contributed by atoms with Gasteiger partial charge in [0.1, 0.15) is 11.5 Å². The minimum Gasteiger partial charge on any atom is -0.480 e. The molecule has 1 heterocycles. The van der Waals surface area contributed by atoms with E-state index in [4.69, 9.17) is 9.52 Å². The van der Waals surface area contributed by atoms with Crippen molar-refractivity contribution in [2.75, 3.05) is 13.1 Å². The number of nitrogens with zero attached hydrogens (tertiary/aromatic N) is 1. The Morgan fingerprint density at radius 2 is 2.28 bits per heavy atom. The zero-order valence-corrected chi connectivity index (χ0v) is 11.1. The van der Waals surface area contributed by atoms with E-state index >= 15 is 0 Å². The van der Waals surface area contributed by atoms with Crippen molar-refractivity contribution < 1.29 is 14.3 Å². The van der Waals surface area contributed by atoms with E-state index < -0.39 is 5.97 Å². The molecule has 1 aliphatic rings. The van der Waals surface area contributed by atoms with Crippen LogP contribution in [0.25, 0.3) is 0 Å². The third kappa shape index (κ3) is 3.35. The Morgan fingerprint density at radius 1 is 1.56 bits per heavy atom. The second kappa shape index (κ2) is 5.57. The van der Waals surface area contributed by atoms with E-state index in [2.05, 4.69) is 6.92 Å². The summed E-state index contributed by atoms with van der Waals surface area (Å²) >= 11 is 0.